The summed E-state index contributed by atoms with van der Waals surface area (Å²) in [7, 11) is 0. The molecule has 2 N–H and O–H groups in total. The zero-order valence-corrected chi connectivity index (χ0v) is 14.1. The third-order valence-electron chi connectivity index (χ3n) is 3.43. The van der Waals surface area contributed by atoms with Crippen LogP contribution in [0.5, 0.6) is 11.5 Å². The predicted molar refractivity (Wildman–Crippen MR) is 94.4 cm³/mol. The predicted octanol–water partition coefficient (Wildman–Crippen LogP) is 2.39. The fraction of sp³-hybridized carbons (Fsp3) is 0.167. The molecule has 0 saturated heterocycles. The monoisotopic (exact) mass is 354 g/mol. The van der Waals surface area contributed by atoms with E-state index in [1.165, 1.54) is 12.3 Å². The highest BCUT2D eigenvalue weighted by Crippen LogP contribution is 2.26. The number of phenolic OH excluding ortho intramolecular Hbond substituents is 1. The largest absolute Gasteiger partial charge is 0.504 e. The van der Waals surface area contributed by atoms with Crippen molar-refractivity contribution in [2.45, 2.75) is 13.5 Å². The number of benzene rings is 1. The summed E-state index contributed by atoms with van der Waals surface area (Å²) in [6.07, 6.45) is 4.93. The summed E-state index contributed by atoms with van der Waals surface area (Å²) in [6, 6.07) is 9.89. The number of ether oxygens (including phenoxy) is 1. The van der Waals surface area contributed by atoms with Crippen LogP contribution in [0.15, 0.2) is 58.3 Å². The van der Waals surface area contributed by atoms with Crippen molar-refractivity contribution in [3.05, 3.63) is 65.9 Å². The molecule has 3 rings (SSSR count). The van der Waals surface area contributed by atoms with Crippen molar-refractivity contribution in [3.8, 4) is 11.5 Å². The van der Waals surface area contributed by atoms with Crippen molar-refractivity contribution < 1.29 is 19.1 Å². The molecule has 0 unspecified atom stereocenters. The van der Waals surface area contributed by atoms with Gasteiger partial charge in [-0.25, -0.2) is 5.43 Å². The van der Waals surface area contributed by atoms with E-state index in [1.54, 1.807) is 41.3 Å². The fourth-order valence-corrected chi connectivity index (χ4v) is 2.24. The van der Waals surface area contributed by atoms with Gasteiger partial charge in [0, 0.05) is 12.4 Å². The Morgan fingerprint density at radius 1 is 1.42 bits per heavy atom. The molecule has 0 bridgehead atoms. The van der Waals surface area contributed by atoms with E-state index in [1.807, 2.05) is 13.0 Å². The SMILES string of the molecule is CCOc1cc(/C=N\NC(=O)c2ccc(Cn3cccn3)o2)ccc1O. The molecule has 3 aromatic rings. The highest BCUT2D eigenvalue weighted by Gasteiger charge is 2.11. The van der Waals surface area contributed by atoms with Gasteiger partial charge in [-0.15, -0.1) is 0 Å². The maximum atomic E-state index is 12.1. The van der Waals surface area contributed by atoms with Crippen molar-refractivity contribution in [2.75, 3.05) is 6.61 Å². The second kappa shape index (κ2) is 8.02. The standard InChI is InChI=1S/C18H18N4O4/c1-2-25-17-10-13(4-6-15(17)23)11-19-21-18(24)16-7-5-14(26-16)12-22-9-3-8-20-22/h3-11,23H,2,12H2,1H3,(H,21,24)/b19-11-. The first-order valence-corrected chi connectivity index (χ1v) is 8.01. The topological polar surface area (TPSA) is 102 Å². The maximum absolute atomic E-state index is 12.1. The number of rotatable bonds is 7. The normalized spacial score (nSPS) is 11.0. The van der Waals surface area contributed by atoms with Crippen LogP contribution in [-0.4, -0.2) is 33.6 Å². The Bertz CT molecular complexity index is 900. The lowest BCUT2D eigenvalue weighted by atomic mass is 10.2. The number of furan rings is 1. The van der Waals surface area contributed by atoms with Gasteiger partial charge in [0.25, 0.3) is 0 Å². The molecule has 2 heterocycles. The van der Waals surface area contributed by atoms with Gasteiger partial charge in [0.15, 0.2) is 17.3 Å². The Morgan fingerprint density at radius 2 is 2.31 bits per heavy atom. The first-order chi connectivity index (χ1) is 12.7. The molecule has 26 heavy (non-hydrogen) atoms. The van der Waals surface area contributed by atoms with Crippen LogP contribution in [0.4, 0.5) is 0 Å². The molecule has 0 aliphatic carbocycles. The third-order valence-corrected chi connectivity index (χ3v) is 3.43. The average molecular weight is 354 g/mol. The van der Waals surface area contributed by atoms with Gasteiger partial charge >= 0.3 is 5.91 Å². The van der Waals surface area contributed by atoms with Gasteiger partial charge in [0.2, 0.25) is 0 Å². The minimum Gasteiger partial charge on any atom is -0.504 e. The smallest absolute Gasteiger partial charge is 0.307 e. The van der Waals surface area contributed by atoms with E-state index in [9.17, 15) is 9.90 Å². The zero-order chi connectivity index (χ0) is 18.4. The van der Waals surface area contributed by atoms with Crippen LogP contribution in [-0.2, 0) is 6.54 Å². The summed E-state index contributed by atoms with van der Waals surface area (Å²) in [6.45, 7) is 2.70. The molecular weight excluding hydrogens is 336 g/mol. The zero-order valence-electron chi connectivity index (χ0n) is 14.1. The minimum absolute atomic E-state index is 0.0494. The number of nitrogens with one attached hydrogen (secondary N) is 1. The van der Waals surface area contributed by atoms with Crippen LogP contribution in [0.25, 0.3) is 0 Å². The molecule has 8 heteroatoms. The first-order valence-electron chi connectivity index (χ1n) is 8.01. The molecule has 0 saturated carbocycles. The molecule has 2 aromatic heterocycles. The summed E-state index contributed by atoms with van der Waals surface area (Å²) in [5, 5.41) is 17.6. The van der Waals surface area contributed by atoms with Gasteiger partial charge < -0.3 is 14.3 Å². The minimum atomic E-state index is -0.461. The molecule has 0 fully saturated rings. The van der Waals surface area contributed by atoms with Gasteiger partial charge in [0.05, 0.1) is 19.4 Å². The molecule has 8 nitrogen and oxygen atoms in total. The number of aromatic nitrogens is 2. The number of carbonyl (C=O) groups excluding carboxylic acids is 1. The van der Waals surface area contributed by atoms with Crippen LogP contribution in [0.2, 0.25) is 0 Å². The lowest BCUT2D eigenvalue weighted by Crippen LogP contribution is -2.16. The molecular formula is C18H18N4O4. The summed E-state index contributed by atoms with van der Waals surface area (Å²) in [5.74, 6) is 0.718. The van der Waals surface area contributed by atoms with E-state index < -0.39 is 5.91 Å². The van der Waals surface area contributed by atoms with E-state index in [-0.39, 0.29) is 11.5 Å². The second-order valence-corrected chi connectivity index (χ2v) is 5.33. The summed E-state index contributed by atoms with van der Waals surface area (Å²) in [4.78, 5) is 12.1. The number of aromatic hydroxyl groups is 1. The Morgan fingerprint density at radius 3 is 3.08 bits per heavy atom. The number of nitrogens with zero attached hydrogens (tertiary/aromatic N) is 3. The Kier molecular flexibility index (Phi) is 5.33. The number of amides is 1. The Balaban J connectivity index is 1.59. The highest BCUT2D eigenvalue weighted by atomic mass is 16.5. The van der Waals surface area contributed by atoms with E-state index >= 15 is 0 Å². The number of hydrazone groups is 1. The first kappa shape index (κ1) is 17.3. The van der Waals surface area contributed by atoms with Gasteiger partial charge in [-0.05, 0) is 48.9 Å². The van der Waals surface area contributed by atoms with Crippen LogP contribution in [0.1, 0.15) is 28.8 Å². The summed E-state index contributed by atoms with van der Waals surface area (Å²) < 4.78 is 12.5. The maximum Gasteiger partial charge on any atom is 0.307 e. The van der Waals surface area contributed by atoms with Crippen LogP contribution < -0.4 is 10.2 Å². The average Bonchev–Trinajstić information content (AvgIpc) is 3.30. The summed E-state index contributed by atoms with van der Waals surface area (Å²) >= 11 is 0. The highest BCUT2D eigenvalue weighted by molar-refractivity contribution is 5.92. The Labute approximate surface area is 149 Å². The Hall–Kier alpha value is -3.55. The second-order valence-electron chi connectivity index (χ2n) is 5.33. The molecule has 0 spiro atoms. The molecule has 0 atom stereocenters. The van der Waals surface area contributed by atoms with Gasteiger partial charge in [-0.1, -0.05) is 0 Å². The lowest BCUT2D eigenvalue weighted by molar-refractivity contribution is 0.0925. The lowest BCUT2D eigenvalue weighted by Gasteiger charge is -2.05. The van der Waals surface area contributed by atoms with Crippen LogP contribution >= 0.6 is 0 Å². The van der Waals surface area contributed by atoms with Crippen LogP contribution in [0.3, 0.4) is 0 Å². The van der Waals surface area contributed by atoms with E-state index in [2.05, 4.69) is 15.6 Å². The van der Waals surface area contributed by atoms with Crippen LogP contribution in [0, 0.1) is 0 Å². The number of hydrogen-bond acceptors (Lipinski definition) is 6. The third kappa shape index (κ3) is 4.29. The van der Waals surface area contributed by atoms with Crippen molar-refractivity contribution in [1.29, 1.82) is 0 Å². The molecule has 0 aliphatic rings. The van der Waals surface area contributed by atoms with E-state index in [4.69, 9.17) is 9.15 Å². The van der Waals surface area contributed by atoms with Crippen molar-refractivity contribution in [2.24, 2.45) is 5.10 Å². The molecule has 1 aromatic carbocycles. The fourth-order valence-electron chi connectivity index (χ4n) is 2.24. The van der Waals surface area contributed by atoms with Crippen molar-refractivity contribution >= 4 is 12.1 Å². The van der Waals surface area contributed by atoms with E-state index in [0.29, 0.717) is 30.2 Å². The van der Waals surface area contributed by atoms with Gasteiger partial charge in [-0.2, -0.15) is 10.2 Å². The number of phenols is 1. The molecule has 1 amide bonds. The van der Waals surface area contributed by atoms with Gasteiger partial charge in [0.1, 0.15) is 5.76 Å². The quantitative estimate of drug-likeness (QED) is 0.501. The number of carbonyl (C=O) groups is 1. The molecule has 0 radical (unpaired) electrons. The summed E-state index contributed by atoms with van der Waals surface area (Å²) in [5.41, 5.74) is 3.07. The van der Waals surface area contributed by atoms with Gasteiger partial charge in [-0.3, -0.25) is 9.48 Å². The number of hydrogen-bond donors (Lipinski definition) is 2. The molecule has 0 aliphatic heterocycles. The van der Waals surface area contributed by atoms with E-state index in [0.717, 1.165) is 0 Å². The van der Waals surface area contributed by atoms with Crippen molar-refractivity contribution in [1.82, 2.24) is 15.2 Å². The molecule has 134 valence electrons. The van der Waals surface area contributed by atoms with Crippen molar-refractivity contribution in [3.63, 3.8) is 0 Å².